The minimum absolute atomic E-state index is 0.0516. The number of halogens is 2. The summed E-state index contributed by atoms with van der Waals surface area (Å²) < 4.78 is 67.5. The Morgan fingerprint density at radius 2 is 1.86 bits per heavy atom. The molecule has 0 N–H and O–H groups in total. The maximum absolute atomic E-state index is 12.8. The van der Waals surface area contributed by atoms with Gasteiger partial charge < -0.3 is 19.1 Å². The first-order chi connectivity index (χ1) is 13.7. The number of rotatable bonds is 8. The second-order valence-corrected chi connectivity index (χ2v) is 8.25. The SMILES string of the molecule is CCOC(=O)N1CCN(S(=O)(=O)N(C)Cc2ccc(OC)c(OC(F)F)c2)CC1. The topological polar surface area (TPSA) is 88.6 Å². The Morgan fingerprint density at radius 1 is 1.21 bits per heavy atom. The summed E-state index contributed by atoms with van der Waals surface area (Å²) in [5, 5.41) is 0. The number of alkyl halides is 2. The molecule has 0 atom stereocenters. The van der Waals surface area contributed by atoms with Gasteiger partial charge in [0.05, 0.1) is 13.7 Å². The lowest BCUT2D eigenvalue weighted by atomic mass is 10.2. The van der Waals surface area contributed by atoms with Crippen LogP contribution in [0.4, 0.5) is 13.6 Å². The van der Waals surface area contributed by atoms with Gasteiger partial charge in [0, 0.05) is 39.8 Å². The Bertz CT molecular complexity index is 800. The van der Waals surface area contributed by atoms with Crippen LogP contribution in [0.3, 0.4) is 0 Å². The fraction of sp³-hybridized carbons (Fsp3) is 0.588. The average Bonchev–Trinajstić information content (AvgIpc) is 2.68. The van der Waals surface area contributed by atoms with E-state index in [1.165, 1.54) is 35.5 Å². The fourth-order valence-corrected chi connectivity index (χ4v) is 4.19. The summed E-state index contributed by atoms with van der Waals surface area (Å²) in [7, 11) is -1.09. The summed E-state index contributed by atoms with van der Waals surface area (Å²) in [6.07, 6.45) is -0.470. The molecule has 0 aromatic heterocycles. The molecule has 0 spiro atoms. The van der Waals surface area contributed by atoms with Crippen LogP contribution in [0.25, 0.3) is 0 Å². The van der Waals surface area contributed by atoms with Gasteiger partial charge in [-0.3, -0.25) is 0 Å². The first-order valence-corrected chi connectivity index (χ1v) is 10.3. The van der Waals surface area contributed by atoms with E-state index in [4.69, 9.17) is 9.47 Å². The minimum atomic E-state index is -3.81. The molecule has 0 aliphatic carbocycles. The molecule has 0 radical (unpaired) electrons. The van der Waals surface area contributed by atoms with E-state index in [1.54, 1.807) is 13.0 Å². The zero-order chi connectivity index (χ0) is 21.6. The van der Waals surface area contributed by atoms with Gasteiger partial charge in [-0.15, -0.1) is 0 Å². The van der Waals surface area contributed by atoms with Crippen LogP contribution in [0, 0.1) is 0 Å². The van der Waals surface area contributed by atoms with E-state index < -0.39 is 22.9 Å². The third-order valence-corrected chi connectivity index (χ3v) is 6.27. The van der Waals surface area contributed by atoms with Crippen molar-refractivity contribution in [3.63, 3.8) is 0 Å². The van der Waals surface area contributed by atoms with Crippen LogP contribution in [0.5, 0.6) is 11.5 Å². The highest BCUT2D eigenvalue weighted by Crippen LogP contribution is 2.30. The number of carbonyl (C=O) groups excluding carboxylic acids is 1. The van der Waals surface area contributed by atoms with Crippen molar-refractivity contribution in [1.82, 2.24) is 13.5 Å². The summed E-state index contributed by atoms with van der Waals surface area (Å²) >= 11 is 0. The standard InChI is InChI=1S/C17H25F2N3O6S/c1-4-27-17(23)21-7-9-22(10-8-21)29(24,25)20(2)12-13-5-6-14(26-3)15(11-13)28-16(18)19/h5-6,11,16H,4,7-10,12H2,1-3H3. The van der Waals surface area contributed by atoms with Crippen LogP contribution in [0.1, 0.15) is 12.5 Å². The number of methoxy groups -OCH3 is 1. The van der Waals surface area contributed by atoms with Crippen molar-refractivity contribution in [3.8, 4) is 11.5 Å². The van der Waals surface area contributed by atoms with E-state index in [0.29, 0.717) is 5.56 Å². The average molecular weight is 437 g/mol. The molecule has 1 heterocycles. The van der Waals surface area contributed by atoms with Gasteiger partial charge in [-0.1, -0.05) is 6.07 Å². The number of ether oxygens (including phenoxy) is 3. The summed E-state index contributed by atoms with van der Waals surface area (Å²) in [4.78, 5) is 13.2. The van der Waals surface area contributed by atoms with E-state index in [2.05, 4.69) is 4.74 Å². The van der Waals surface area contributed by atoms with E-state index in [-0.39, 0.29) is 50.8 Å². The molecular weight excluding hydrogens is 412 g/mol. The Hall–Kier alpha value is -2.18. The second kappa shape index (κ2) is 10.0. The maximum Gasteiger partial charge on any atom is 0.409 e. The normalized spacial score (nSPS) is 15.6. The monoisotopic (exact) mass is 437 g/mol. The Balaban J connectivity index is 2.04. The highest BCUT2D eigenvalue weighted by atomic mass is 32.2. The Morgan fingerprint density at radius 3 is 2.41 bits per heavy atom. The quantitative estimate of drug-likeness (QED) is 0.616. The molecule has 0 bridgehead atoms. The van der Waals surface area contributed by atoms with Crippen LogP contribution in [-0.4, -0.2) is 81.6 Å². The van der Waals surface area contributed by atoms with Crippen molar-refractivity contribution in [2.24, 2.45) is 0 Å². The molecule has 1 aliphatic rings. The van der Waals surface area contributed by atoms with Gasteiger partial charge in [0.2, 0.25) is 0 Å². The summed E-state index contributed by atoms with van der Waals surface area (Å²) in [5.41, 5.74) is 0.456. The maximum atomic E-state index is 12.8. The smallest absolute Gasteiger partial charge is 0.409 e. The summed E-state index contributed by atoms with van der Waals surface area (Å²) in [6, 6.07) is 4.32. The number of piperazine rings is 1. The fourth-order valence-electron chi connectivity index (χ4n) is 2.86. The molecular formula is C17H25F2N3O6S. The lowest BCUT2D eigenvalue weighted by Gasteiger charge is -2.35. The van der Waals surface area contributed by atoms with Crippen molar-refractivity contribution in [2.75, 3.05) is 46.9 Å². The van der Waals surface area contributed by atoms with Crippen LogP contribution in [0.15, 0.2) is 18.2 Å². The van der Waals surface area contributed by atoms with Crippen molar-refractivity contribution < 1.29 is 36.2 Å². The molecule has 1 saturated heterocycles. The van der Waals surface area contributed by atoms with Crippen molar-refractivity contribution in [1.29, 1.82) is 0 Å². The number of benzene rings is 1. The van der Waals surface area contributed by atoms with Gasteiger partial charge in [0.15, 0.2) is 11.5 Å². The lowest BCUT2D eigenvalue weighted by molar-refractivity contribution is -0.0512. The molecule has 1 aromatic rings. The number of nitrogens with zero attached hydrogens (tertiary/aromatic N) is 3. The summed E-state index contributed by atoms with van der Waals surface area (Å²) in [6.45, 7) is -0.423. The van der Waals surface area contributed by atoms with E-state index in [9.17, 15) is 22.0 Å². The molecule has 164 valence electrons. The molecule has 12 heteroatoms. The molecule has 1 amide bonds. The van der Waals surface area contributed by atoms with Crippen LogP contribution >= 0.6 is 0 Å². The van der Waals surface area contributed by atoms with E-state index >= 15 is 0 Å². The highest BCUT2D eigenvalue weighted by Gasteiger charge is 2.32. The minimum Gasteiger partial charge on any atom is -0.493 e. The van der Waals surface area contributed by atoms with Gasteiger partial charge >= 0.3 is 12.7 Å². The molecule has 1 aromatic carbocycles. The first-order valence-electron chi connectivity index (χ1n) is 8.93. The number of hydrogen-bond acceptors (Lipinski definition) is 6. The van der Waals surface area contributed by atoms with Crippen molar-refractivity contribution in [3.05, 3.63) is 23.8 Å². The molecule has 1 fully saturated rings. The lowest BCUT2D eigenvalue weighted by Crippen LogP contribution is -2.53. The Kier molecular flexibility index (Phi) is 7.99. The first kappa shape index (κ1) is 23.1. The van der Waals surface area contributed by atoms with E-state index in [0.717, 1.165) is 4.31 Å². The number of amides is 1. The highest BCUT2D eigenvalue weighted by molar-refractivity contribution is 7.86. The van der Waals surface area contributed by atoms with Gasteiger partial charge in [0.1, 0.15) is 0 Å². The second-order valence-electron chi connectivity index (χ2n) is 6.21. The van der Waals surface area contributed by atoms with Gasteiger partial charge in [-0.2, -0.15) is 25.8 Å². The van der Waals surface area contributed by atoms with Crippen molar-refractivity contribution >= 4 is 16.3 Å². The van der Waals surface area contributed by atoms with Crippen LogP contribution < -0.4 is 9.47 Å². The molecule has 9 nitrogen and oxygen atoms in total. The van der Waals surface area contributed by atoms with Crippen LogP contribution in [-0.2, 0) is 21.5 Å². The van der Waals surface area contributed by atoms with E-state index in [1.807, 2.05) is 0 Å². The zero-order valence-electron chi connectivity index (χ0n) is 16.5. The third-order valence-electron chi connectivity index (χ3n) is 4.33. The summed E-state index contributed by atoms with van der Waals surface area (Å²) in [5.74, 6) is -0.0523. The molecule has 1 aliphatic heterocycles. The molecule has 0 saturated carbocycles. The Labute approximate surface area is 168 Å². The molecule has 29 heavy (non-hydrogen) atoms. The predicted octanol–water partition coefficient (Wildman–Crippen LogP) is 1.75. The predicted molar refractivity (Wildman–Crippen MR) is 100 cm³/mol. The zero-order valence-corrected chi connectivity index (χ0v) is 17.3. The number of carbonyl (C=O) groups is 1. The van der Waals surface area contributed by atoms with Gasteiger partial charge in [-0.25, -0.2) is 4.79 Å². The van der Waals surface area contributed by atoms with Crippen LogP contribution in [0.2, 0.25) is 0 Å². The van der Waals surface area contributed by atoms with Crippen molar-refractivity contribution in [2.45, 2.75) is 20.1 Å². The number of hydrogen-bond donors (Lipinski definition) is 0. The molecule has 2 rings (SSSR count). The van der Waals surface area contributed by atoms with Gasteiger partial charge in [-0.05, 0) is 24.6 Å². The third kappa shape index (κ3) is 5.90. The largest absolute Gasteiger partial charge is 0.493 e. The van der Waals surface area contributed by atoms with Gasteiger partial charge in [0.25, 0.3) is 10.2 Å². The molecule has 0 unspecified atom stereocenters.